The van der Waals surface area contributed by atoms with Gasteiger partial charge in [0.05, 0.1) is 5.56 Å². The summed E-state index contributed by atoms with van der Waals surface area (Å²) in [6.45, 7) is 2.98. The number of carbonyl (C=O) groups is 1. The number of carboxylic acids is 1. The van der Waals surface area contributed by atoms with Gasteiger partial charge in [-0.05, 0) is 18.1 Å². The first-order chi connectivity index (χ1) is 8.72. The lowest BCUT2D eigenvalue weighted by molar-refractivity contribution is 0.0695. The quantitative estimate of drug-likeness (QED) is 0.874. The molecule has 0 atom stereocenters. The summed E-state index contributed by atoms with van der Waals surface area (Å²) in [5.74, 6) is -0.0617. The highest BCUT2D eigenvalue weighted by Gasteiger charge is 2.12. The minimum absolute atomic E-state index is 0.288. The van der Waals surface area contributed by atoms with Gasteiger partial charge in [-0.15, -0.1) is 0 Å². The zero-order chi connectivity index (χ0) is 13.0. The van der Waals surface area contributed by atoms with E-state index >= 15 is 0 Å². The molecule has 0 aromatic carbocycles. The van der Waals surface area contributed by atoms with Crippen LogP contribution in [0.4, 0.5) is 0 Å². The van der Waals surface area contributed by atoms with Crippen molar-refractivity contribution in [2.45, 2.75) is 26.3 Å². The number of pyridine rings is 1. The van der Waals surface area contributed by atoms with E-state index in [1.54, 1.807) is 12.4 Å². The fraction of sp³-hybridized carbons (Fsp3) is 0.308. The first kappa shape index (κ1) is 12.3. The lowest BCUT2D eigenvalue weighted by Gasteiger charge is -2.08. The van der Waals surface area contributed by atoms with Gasteiger partial charge in [0, 0.05) is 37.8 Å². The van der Waals surface area contributed by atoms with Gasteiger partial charge in [0.2, 0.25) is 0 Å². The number of aromatic carboxylic acids is 1. The number of hydrogen-bond donors (Lipinski definition) is 1. The van der Waals surface area contributed by atoms with Crippen molar-refractivity contribution in [1.29, 1.82) is 0 Å². The summed E-state index contributed by atoms with van der Waals surface area (Å²) in [6.07, 6.45) is 8.24. The maximum atomic E-state index is 11.1. The molecule has 0 amide bonds. The fourth-order valence-corrected chi connectivity index (χ4v) is 1.90. The molecular formula is C13H15N3O2. The van der Waals surface area contributed by atoms with Crippen LogP contribution in [-0.4, -0.2) is 25.6 Å². The van der Waals surface area contributed by atoms with Crippen molar-refractivity contribution in [3.63, 3.8) is 0 Å². The first-order valence-corrected chi connectivity index (χ1v) is 5.88. The molecule has 2 rings (SSSR count). The van der Waals surface area contributed by atoms with Crippen LogP contribution in [0, 0.1) is 0 Å². The van der Waals surface area contributed by atoms with Crippen molar-refractivity contribution < 1.29 is 9.90 Å². The van der Waals surface area contributed by atoms with Crippen LogP contribution in [0.2, 0.25) is 0 Å². The van der Waals surface area contributed by atoms with Crippen molar-refractivity contribution in [2.24, 2.45) is 0 Å². The first-order valence-electron chi connectivity index (χ1n) is 5.88. The maximum Gasteiger partial charge on any atom is 0.336 e. The largest absolute Gasteiger partial charge is 0.478 e. The Labute approximate surface area is 105 Å². The molecule has 94 valence electrons. The average Bonchev–Trinajstić information content (AvgIpc) is 2.78. The predicted octanol–water partition coefficient (Wildman–Crippen LogP) is 1.98. The van der Waals surface area contributed by atoms with Gasteiger partial charge in [-0.25, -0.2) is 9.78 Å². The third-order valence-electron chi connectivity index (χ3n) is 2.75. The smallest absolute Gasteiger partial charge is 0.336 e. The van der Waals surface area contributed by atoms with Crippen LogP contribution in [0.5, 0.6) is 0 Å². The van der Waals surface area contributed by atoms with Crippen LogP contribution >= 0.6 is 0 Å². The minimum atomic E-state index is -0.930. The molecule has 1 N–H and O–H groups in total. The van der Waals surface area contributed by atoms with Crippen LogP contribution in [0.1, 0.15) is 35.1 Å². The van der Waals surface area contributed by atoms with Gasteiger partial charge in [0.15, 0.2) is 0 Å². The zero-order valence-corrected chi connectivity index (χ0v) is 10.2. The van der Waals surface area contributed by atoms with E-state index in [4.69, 9.17) is 5.11 Å². The van der Waals surface area contributed by atoms with Gasteiger partial charge in [-0.1, -0.05) is 6.92 Å². The van der Waals surface area contributed by atoms with E-state index in [1.165, 1.54) is 12.3 Å². The zero-order valence-electron chi connectivity index (χ0n) is 10.2. The fourth-order valence-electron chi connectivity index (χ4n) is 1.90. The van der Waals surface area contributed by atoms with Crippen LogP contribution in [0.3, 0.4) is 0 Å². The van der Waals surface area contributed by atoms with E-state index in [9.17, 15) is 4.79 Å². The number of aromatic nitrogens is 3. The second-order valence-electron chi connectivity index (χ2n) is 4.05. The Bertz CT molecular complexity index is 549. The Hall–Kier alpha value is -2.17. The second kappa shape index (κ2) is 5.44. The molecule has 2 aromatic rings. The molecule has 0 unspecified atom stereocenters. The highest BCUT2D eigenvalue weighted by molar-refractivity contribution is 5.89. The van der Waals surface area contributed by atoms with E-state index in [0.717, 1.165) is 18.8 Å². The summed E-state index contributed by atoms with van der Waals surface area (Å²) in [5, 5.41) is 9.11. The SMILES string of the molecule is CCCn1ccnc1Cc1cnccc1C(=O)O. The number of imidazole rings is 1. The predicted molar refractivity (Wildman–Crippen MR) is 66.5 cm³/mol. The van der Waals surface area contributed by atoms with E-state index < -0.39 is 5.97 Å². The van der Waals surface area contributed by atoms with Crippen molar-refractivity contribution in [3.05, 3.63) is 47.8 Å². The Morgan fingerprint density at radius 3 is 3.00 bits per heavy atom. The highest BCUT2D eigenvalue weighted by Crippen LogP contribution is 2.12. The van der Waals surface area contributed by atoms with Gasteiger partial charge in [0.25, 0.3) is 0 Å². The molecular weight excluding hydrogens is 230 g/mol. The van der Waals surface area contributed by atoms with Crippen LogP contribution < -0.4 is 0 Å². The van der Waals surface area contributed by atoms with E-state index in [2.05, 4.69) is 16.9 Å². The van der Waals surface area contributed by atoms with Crippen LogP contribution in [0.15, 0.2) is 30.9 Å². The molecule has 0 radical (unpaired) electrons. The van der Waals surface area contributed by atoms with Gasteiger partial charge in [-0.3, -0.25) is 4.98 Å². The maximum absolute atomic E-state index is 11.1. The molecule has 2 aromatic heterocycles. The third-order valence-corrected chi connectivity index (χ3v) is 2.75. The molecule has 5 nitrogen and oxygen atoms in total. The molecule has 0 aliphatic carbocycles. The summed E-state index contributed by atoms with van der Waals surface area (Å²) < 4.78 is 2.04. The van der Waals surface area contributed by atoms with Crippen molar-refractivity contribution in [2.75, 3.05) is 0 Å². The van der Waals surface area contributed by atoms with Crippen molar-refractivity contribution in [3.8, 4) is 0 Å². The summed E-state index contributed by atoms with van der Waals surface area (Å²) in [6, 6.07) is 1.52. The van der Waals surface area contributed by atoms with Crippen molar-refractivity contribution >= 4 is 5.97 Å². The molecule has 18 heavy (non-hydrogen) atoms. The number of nitrogens with zero attached hydrogens (tertiary/aromatic N) is 3. The van der Waals surface area contributed by atoms with E-state index in [0.29, 0.717) is 12.0 Å². The molecule has 0 saturated heterocycles. The number of aryl methyl sites for hydroxylation is 1. The molecule has 0 aliphatic heterocycles. The Morgan fingerprint density at radius 1 is 1.44 bits per heavy atom. The standard InChI is InChI=1S/C13H15N3O2/c1-2-6-16-7-5-15-12(16)8-10-9-14-4-3-11(10)13(17)18/h3-5,7,9H,2,6,8H2,1H3,(H,17,18). The molecule has 0 saturated carbocycles. The summed E-state index contributed by atoms with van der Waals surface area (Å²) in [5.41, 5.74) is 0.976. The van der Waals surface area contributed by atoms with Crippen LogP contribution in [-0.2, 0) is 13.0 Å². The molecule has 0 spiro atoms. The second-order valence-corrected chi connectivity index (χ2v) is 4.05. The average molecular weight is 245 g/mol. The molecule has 0 bridgehead atoms. The van der Waals surface area contributed by atoms with E-state index in [1.807, 2.05) is 10.8 Å². The summed E-state index contributed by atoms with van der Waals surface area (Å²) >= 11 is 0. The van der Waals surface area contributed by atoms with Crippen molar-refractivity contribution in [1.82, 2.24) is 14.5 Å². The van der Waals surface area contributed by atoms with E-state index in [-0.39, 0.29) is 5.56 Å². The summed E-state index contributed by atoms with van der Waals surface area (Å²) in [4.78, 5) is 19.4. The Balaban J connectivity index is 2.28. The third kappa shape index (κ3) is 2.56. The lowest BCUT2D eigenvalue weighted by atomic mass is 10.1. The monoisotopic (exact) mass is 245 g/mol. The normalized spacial score (nSPS) is 10.5. The molecule has 0 fully saturated rings. The number of hydrogen-bond acceptors (Lipinski definition) is 3. The van der Waals surface area contributed by atoms with Gasteiger partial charge in [0.1, 0.15) is 5.82 Å². The number of carboxylic acid groups (broad SMARTS) is 1. The number of rotatable bonds is 5. The van der Waals surface area contributed by atoms with Gasteiger partial charge in [-0.2, -0.15) is 0 Å². The topological polar surface area (TPSA) is 68.0 Å². The van der Waals surface area contributed by atoms with Gasteiger partial charge >= 0.3 is 5.97 Å². The Kier molecular flexibility index (Phi) is 3.72. The molecule has 2 heterocycles. The lowest BCUT2D eigenvalue weighted by Crippen LogP contribution is -2.08. The van der Waals surface area contributed by atoms with Crippen LogP contribution in [0.25, 0.3) is 0 Å². The highest BCUT2D eigenvalue weighted by atomic mass is 16.4. The van der Waals surface area contributed by atoms with Gasteiger partial charge < -0.3 is 9.67 Å². The Morgan fingerprint density at radius 2 is 2.28 bits per heavy atom. The molecule has 5 heteroatoms. The summed E-state index contributed by atoms with van der Waals surface area (Å²) in [7, 11) is 0. The molecule has 0 aliphatic rings. The minimum Gasteiger partial charge on any atom is -0.478 e.